The van der Waals surface area contributed by atoms with E-state index < -0.39 is 16.8 Å². The van der Waals surface area contributed by atoms with Crippen LogP contribution in [-0.2, 0) is 11.2 Å². The van der Waals surface area contributed by atoms with Crippen LogP contribution in [0.25, 0.3) is 0 Å². The average molecular weight is 252 g/mol. The van der Waals surface area contributed by atoms with Gasteiger partial charge in [-0.3, -0.25) is 14.9 Å². The Balaban J connectivity index is 2.31. The highest BCUT2D eigenvalue weighted by Gasteiger charge is 2.09. The zero-order valence-corrected chi connectivity index (χ0v) is 10.1. The first-order valence-electron chi connectivity index (χ1n) is 5.67. The number of hydrogen-bond acceptors (Lipinski definition) is 4. The Morgan fingerprint density at radius 3 is 2.56 bits per heavy atom. The smallest absolute Gasteiger partial charge is 0.307 e. The van der Waals surface area contributed by atoms with Crippen molar-refractivity contribution in [2.24, 2.45) is 5.92 Å². The van der Waals surface area contributed by atoms with E-state index in [9.17, 15) is 14.9 Å². The number of carboxylic acid groups (broad SMARTS) is 1. The van der Waals surface area contributed by atoms with Crippen LogP contribution in [0.5, 0.6) is 0 Å². The molecule has 1 rings (SSSR count). The van der Waals surface area contributed by atoms with Crippen molar-refractivity contribution in [2.75, 3.05) is 13.1 Å². The van der Waals surface area contributed by atoms with Crippen LogP contribution in [0.1, 0.15) is 12.5 Å². The van der Waals surface area contributed by atoms with Crippen molar-refractivity contribution in [3.8, 4) is 0 Å². The highest BCUT2D eigenvalue weighted by Crippen LogP contribution is 2.11. The maximum absolute atomic E-state index is 10.6. The van der Waals surface area contributed by atoms with Gasteiger partial charge in [-0.15, -0.1) is 0 Å². The van der Waals surface area contributed by atoms with E-state index in [0.29, 0.717) is 19.5 Å². The molecule has 6 heteroatoms. The first-order valence-corrected chi connectivity index (χ1v) is 5.67. The number of rotatable bonds is 7. The minimum absolute atomic E-state index is 0.0752. The molecule has 1 aromatic carbocycles. The van der Waals surface area contributed by atoms with Gasteiger partial charge in [0.05, 0.1) is 10.8 Å². The predicted molar refractivity (Wildman–Crippen MR) is 66.5 cm³/mol. The third-order valence-electron chi connectivity index (χ3n) is 2.61. The topological polar surface area (TPSA) is 92.5 Å². The Morgan fingerprint density at radius 2 is 2.06 bits per heavy atom. The molecule has 0 bridgehead atoms. The fourth-order valence-electron chi connectivity index (χ4n) is 1.42. The summed E-state index contributed by atoms with van der Waals surface area (Å²) in [6, 6.07) is 6.35. The summed E-state index contributed by atoms with van der Waals surface area (Å²) in [5.74, 6) is -1.24. The van der Waals surface area contributed by atoms with Crippen molar-refractivity contribution >= 4 is 11.7 Å². The summed E-state index contributed by atoms with van der Waals surface area (Å²) in [6.45, 7) is 2.71. The van der Waals surface area contributed by atoms with Gasteiger partial charge < -0.3 is 10.4 Å². The summed E-state index contributed by atoms with van der Waals surface area (Å²) >= 11 is 0. The molecule has 0 saturated heterocycles. The van der Waals surface area contributed by atoms with Crippen molar-refractivity contribution in [1.82, 2.24) is 5.32 Å². The second-order valence-corrected chi connectivity index (χ2v) is 4.12. The van der Waals surface area contributed by atoms with E-state index >= 15 is 0 Å². The highest BCUT2D eigenvalue weighted by atomic mass is 16.6. The Labute approximate surface area is 105 Å². The van der Waals surface area contributed by atoms with E-state index in [-0.39, 0.29) is 5.69 Å². The molecular formula is C12H16N2O4. The summed E-state index contributed by atoms with van der Waals surface area (Å²) in [5, 5.41) is 22.2. The number of carbonyl (C=O) groups is 1. The van der Waals surface area contributed by atoms with Crippen LogP contribution in [0.2, 0.25) is 0 Å². The minimum atomic E-state index is -0.821. The van der Waals surface area contributed by atoms with Crippen molar-refractivity contribution in [1.29, 1.82) is 0 Å². The van der Waals surface area contributed by atoms with Gasteiger partial charge in [0.15, 0.2) is 0 Å². The summed E-state index contributed by atoms with van der Waals surface area (Å²) in [5.41, 5.74) is 1.06. The van der Waals surface area contributed by atoms with Gasteiger partial charge in [-0.25, -0.2) is 0 Å². The normalized spacial score (nSPS) is 12.1. The Bertz CT molecular complexity index is 417. The first kappa shape index (κ1) is 14.1. The Morgan fingerprint density at radius 1 is 1.44 bits per heavy atom. The number of nitro benzene ring substituents is 1. The molecule has 1 atom stereocenters. The van der Waals surface area contributed by atoms with Gasteiger partial charge in [-0.1, -0.05) is 19.1 Å². The van der Waals surface area contributed by atoms with E-state index in [4.69, 9.17) is 5.11 Å². The van der Waals surface area contributed by atoms with Gasteiger partial charge in [0.25, 0.3) is 5.69 Å². The van der Waals surface area contributed by atoms with E-state index in [1.807, 2.05) is 0 Å². The first-order chi connectivity index (χ1) is 8.50. The van der Waals surface area contributed by atoms with Crippen LogP contribution in [0.4, 0.5) is 5.69 Å². The van der Waals surface area contributed by atoms with Gasteiger partial charge in [0, 0.05) is 18.7 Å². The molecule has 0 saturated carbocycles. The third-order valence-corrected chi connectivity index (χ3v) is 2.61. The molecule has 0 aliphatic carbocycles. The monoisotopic (exact) mass is 252 g/mol. The van der Waals surface area contributed by atoms with Gasteiger partial charge in [0.1, 0.15) is 0 Å². The molecule has 0 amide bonds. The fourth-order valence-corrected chi connectivity index (χ4v) is 1.42. The fraction of sp³-hybridized carbons (Fsp3) is 0.417. The standard InChI is InChI=1S/C12H16N2O4/c1-9(12(15)16)8-13-7-6-10-2-4-11(5-3-10)14(17)18/h2-5,9,13H,6-8H2,1H3,(H,15,16). The summed E-state index contributed by atoms with van der Waals surface area (Å²) in [7, 11) is 0. The molecule has 0 aromatic heterocycles. The molecule has 1 aromatic rings. The molecular weight excluding hydrogens is 236 g/mol. The van der Waals surface area contributed by atoms with Crippen molar-refractivity contribution < 1.29 is 14.8 Å². The molecule has 0 aliphatic heterocycles. The van der Waals surface area contributed by atoms with Gasteiger partial charge in [-0.2, -0.15) is 0 Å². The minimum Gasteiger partial charge on any atom is -0.481 e. The van der Waals surface area contributed by atoms with Gasteiger partial charge in [-0.05, 0) is 18.5 Å². The number of nitrogens with one attached hydrogen (secondary N) is 1. The second kappa shape index (κ2) is 6.70. The maximum Gasteiger partial charge on any atom is 0.307 e. The molecule has 1 unspecified atom stereocenters. The lowest BCUT2D eigenvalue weighted by molar-refractivity contribution is -0.384. The molecule has 0 aliphatic rings. The van der Waals surface area contributed by atoms with Crippen molar-refractivity contribution in [3.63, 3.8) is 0 Å². The summed E-state index contributed by atoms with van der Waals surface area (Å²) in [6.07, 6.45) is 0.713. The number of carboxylic acids is 1. The van der Waals surface area contributed by atoms with E-state index in [1.54, 1.807) is 19.1 Å². The summed E-state index contributed by atoms with van der Waals surface area (Å²) in [4.78, 5) is 20.6. The van der Waals surface area contributed by atoms with Crippen molar-refractivity contribution in [2.45, 2.75) is 13.3 Å². The number of aliphatic carboxylic acids is 1. The average Bonchev–Trinajstić information content (AvgIpc) is 2.34. The van der Waals surface area contributed by atoms with Crippen molar-refractivity contribution in [3.05, 3.63) is 39.9 Å². The molecule has 98 valence electrons. The summed E-state index contributed by atoms with van der Waals surface area (Å²) < 4.78 is 0. The third kappa shape index (κ3) is 4.50. The van der Waals surface area contributed by atoms with Gasteiger partial charge >= 0.3 is 5.97 Å². The Kier molecular flexibility index (Phi) is 5.26. The molecule has 0 heterocycles. The number of non-ortho nitro benzene ring substituents is 1. The highest BCUT2D eigenvalue weighted by molar-refractivity contribution is 5.69. The second-order valence-electron chi connectivity index (χ2n) is 4.12. The predicted octanol–water partition coefficient (Wildman–Crippen LogP) is 1.45. The lowest BCUT2D eigenvalue weighted by Gasteiger charge is -2.07. The zero-order chi connectivity index (χ0) is 13.5. The lowest BCUT2D eigenvalue weighted by Crippen LogP contribution is -2.27. The van der Waals surface area contributed by atoms with E-state index in [1.165, 1.54) is 12.1 Å². The number of nitrogens with zero attached hydrogens (tertiary/aromatic N) is 1. The van der Waals surface area contributed by atoms with Crippen LogP contribution in [-0.4, -0.2) is 29.1 Å². The lowest BCUT2D eigenvalue weighted by atomic mass is 10.1. The van der Waals surface area contributed by atoms with Gasteiger partial charge in [0.2, 0.25) is 0 Å². The molecule has 0 radical (unpaired) electrons. The van der Waals surface area contributed by atoms with Crippen LogP contribution in [0, 0.1) is 16.0 Å². The molecule has 18 heavy (non-hydrogen) atoms. The molecule has 2 N–H and O–H groups in total. The van der Waals surface area contributed by atoms with Crippen LogP contribution >= 0.6 is 0 Å². The number of benzene rings is 1. The molecule has 0 fully saturated rings. The maximum atomic E-state index is 10.6. The largest absolute Gasteiger partial charge is 0.481 e. The number of hydrogen-bond donors (Lipinski definition) is 2. The van der Waals surface area contributed by atoms with E-state index in [2.05, 4.69) is 5.32 Å². The van der Waals surface area contributed by atoms with Crippen LogP contribution in [0.15, 0.2) is 24.3 Å². The number of nitro groups is 1. The SMILES string of the molecule is CC(CNCCc1ccc([N+](=O)[O-])cc1)C(=O)O. The van der Waals surface area contributed by atoms with E-state index in [0.717, 1.165) is 5.56 Å². The Hall–Kier alpha value is -1.95. The molecule has 0 spiro atoms. The van der Waals surface area contributed by atoms with Crippen LogP contribution < -0.4 is 5.32 Å². The zero-order valence-electron chi connectivity index (χ0n) is 10.1. The quantitative estimate of drug-likeness (QED) is 0.435. The van der Waals surface area contributed by atoms with Crippen LogP contribution in [0.3, 0.4) is 0 Å². The molecule has 6 nitrogen and oxygen atoms in total.